The molecule has 20 heavy (non-hydrogen) atoms. The summed E-state index contributed by atoms with van der Waals surface area (Å²) in [5.74, 6) is 0.805. The van der Waals surface area contributed by atoms with Crippen LogP contribution < -0.4 is 10.6 Å². The number of amides is 1. The number of rotatable bonds is 3. The molecule has 2 saturated heterocycles. The molecular formula is C14H19ClFN3O. The Balaban J connectivity index is 0.00000147. The fourth-order valence-corrected chi connectivity index (χ4v) is 3.04. The lowest BCUT2D eigenvalue weighted by molar-refractivity contribution is -0.117. The summed E-state index contributed by atoms with van der Waals surface area (Å²) in [5.41, 5.74) is 0.258. The molecule has 0 spiro atoms. The van der Waals surface area contributed by atoms with Crippen molar-refractivity contribution in [2.75, 3.05) is 38.0 Å². The van der Waals surface area contributed by atoms with Gasteiger partial charge in [-0.25, -0.2) is 4.39 Å². The molecule has 2 aliphatic heterocycles. The summed E-state index contributed by atoms with van der Waals surface area (Å²) in [7, 11) is 0. The van der Waals surface area contributed by atoms with Crippen LogP contribution in [0.3, 0.4) is 0 Å². The summed E-state index contributed by atoms with van der Waals surface area (Å²) in [5, 5.41) is 6.00. The van der Waals surface area contributed by atoms with Gasteiger partial charge in [-0.1, -0.05) is 12.1 Å². The molecule has 110 valence electrons. The number of carbonyl (C=O) groups is 1. The van der Waals surface area contributed by atoms with Crippen molar-refractivity contribution < 1.29 is 9.18 Å². The van der Waals surface area contributed by atoms with Gasteiger partial charge in [-0.3, -0.25) is 9.69 Å². The predicted molar refractivity (Wildman–Crippen MR) is 78.6 cm³/mol. The molecule has 0 radical (unpaired) electrons. The van der Waals surface area contributed by atoms with Crippen LogP contribution in [0.4, 0.5) is 10.1 Å². The van der Waals surface area contributed by atoms with Crippen LogP contribution in [0.25, 0.3) is 0 Å². The van der Waals surface area contributed by atoms with Gasteiger partial charge in [-0.15, -0.1) is 12.4 Å². The van der Waals surface area contributed by atoms with Gasteiger partial charge >= 0.3 is 0 Å². The molecule has 1 aromatic carbocycles. The Morgan fingerprint density at radius 3 is 2.60 bits per heavy atom. The van der Waals surface area contributed by atoms with Crippen LogP contribution in [0.2, 0.25) is 0 Å². The Labute approximate surface area is 124 Å². The zero-order valence-electron chi connectivity index (χ0n) is 11.1. The van der Waals surface area contributed by atoms with E-state index in [1.54, 1.807) is 18.2 Å². The quantitative estimate of drug-likeness (QED) is 0.885. The third kappa shape index (κ3) is 3.29. The van der Waals surface area contributed by atoms with Crippen molar-refractivity contribution in [3.05, 3.63) is 30.1 Å². The Bertz CT molecular complexity index is 473. The molecule has 0 unspecified atom stereocenters. The van der Waals surface area contributed by atoms with Crippen molar-refractivity contribution in [1.82, 2.24) is 10.2 Å². The van der Waals surface area contributed by atoms with Gasteiger partial charge in [0.1, 0.15) is 5.82 Å². The number of likely N-dealkylation sites (tertiary alicyclic amines) is 1. The second-order valence-corrected chi connectivity index (χ2v) is 5.40. The number of hydrogen-bond donors (Lipinski definition) is 2. The van der Waals surface area contributed by atoms with Crippen molar-refractivity contribution in [3.63, 3.8) is 0 Å². The van der Waals surface area contributed by atoms with E-state index >= 15 is 0 Å². The number of benzene rings is 1. The van der Waals surface area contributed by atoms with Crippen LogP contribution in [-0.2, 0) is 4.79 Å². The van der Waals surface area contributed by atoms with E-state index in [1.807, 2.05) is 0 Å². The van der Waals surface area contributed by atoms with Crippen molar-refractivity contribution in [1.29, 1.82) is 0 Å². The molecule has 0 bridgehead atoms. The average molecular weight is 300 g/mol. The van der Waals surface area contributed by atoms with Crippen LogP contribution in [-0.4, -0.2) is 43.5 Å². The molecule has 0 saturated carbocycles. The molecule has 3 rings (SSSR count). The Hall–Kier alpha value is -1.17. The summed E-state index contributed by atoms with van der Waals surface area (Å²) in [6.07, 6.45) is 0. The van der Waals surface area contributed by atoms with E-state index in [1.165, 1.54) is 6.07 Å². The lowest BCUT2D eigenvalue weighted by Gasteiger charge is -2.16. The first-order chi connectivity index (χ1) is 9.22. The van der Waals surface area contributed by atoms with E-state index in [0.29, 0.717) is 18.4 Å². The highest BCUT2D eigenvalue weighted by molar-refractivity contribution is 5.92. The third-order valence-electron chi connectivity index (χ3n) is 3.98. The van der Waals surface area contributed by atoms with Crippen molar-refractivity contribution in [2.24, 2.45) is 11.8 Å². The highest BCUT2D eigenvalue weighted by Gasteiger charge is 2.36. The molecule has 2 heterocycles. The second-order valence-electron chi connectivity index (χ2n) is 5.40. The van der Waals surface area contributed by atoms with E-state index in [0.717, 1.165) is 26.2 Å². The minimum absolute atomic E-state index is 0. The Kier molecular flexibility index (Phi) is 4.96. The topological polar surface area (TPSA) is 44.4 Å². The van der Waals surface area contributed by atoms with Crippen molar-refractivity contribution >= 4 is 24.0 Å². The van der Waals surface area contributed by atoms with E-state index in [4.69, 9.17) is 0 Å². The first-order valence-electron chi connectivity index (χ1n) is 6.70. The summed E-state index contributed by atoms with van der Waals surface area (Å²) < 4.78 is 13.4. The predicted octanol–water partition coefficient (Wildman–Crippen LogP) is 1.34. The number of fused-ring (bicyclic) bond motifs is 1. The summed E-state index contributed by atoms with van der Waals surface area (Å²) in [6, 6.07) is 6.25. The molecule has 0 aromatic heterocycles. The first-order valence-corrected chi connectivity index (χ1v) is 6.70. The molecule has 2 fully saturated rings. The van der Waals surface area contributed by atoms with Crippen molar-refractivity contribution in [2.45, 2.75) is 0 Å². The van der Waals surface area contributed by atoms with Crippen LogP contribution in [0, 0.1) is 17.7 Å². The van der Waals surface area contributed by atoms with E-state index in [-0.39, 0.29) is 24.0 Å². The molecule has 4 nitrogen and oxygen atoms in total. The smallest absolute Gasteiger partial charge is 0.238 e. The number of nitrogens with one attached hydrogen (secondary N) is 2. The van der Waals surface area contributed by atoms with Crippen LogP contribution in [0.5, 0.6) is 0 Å². The first kappa shape index (κ1) is 15.2. The van der Waals surface area contributed by atoms with E-state index in [9.17, 15) is 9.18 Å². The number of hydrogen-bond acceptors (Lipinski definition) is 3. The fourth-order valence-electron chi connectivity index (χ4n) is 3.04. The fraction of sp³-hybridized carbons (Fsp3) is 0.500. The maximum atomic E-state index is 13.4. The van der Waals surface area contributed by atoms with E-state index in [2.05, 4.69) is 15.5 Å². The van der Waals surface area contributed by atoms with Crippen LogP contribution in [0.1, 0.15) is 0 Å². The second kappa shape index (κ2) is 6.52. The Morgan fingerprint density at radius 1 is 1.30 bits per heavy atom. The Morgan fingerprint density at radius 2 is 1.95 bits per heavy atom. The number of carbonyl (C=O) groups excluding carboxylic acids is 1. The SMILES string of the molecule is Cl.O=C(CN1C[C@H]2CNC[C@H]2C1)Nc1ccccc1F. The molecular weight excluding hydrogens is 281 g/mol. The lowest BCUT2D eigenvalue weighted by Crippen LogP contribution is -2.33. The maximum absolute atomic E-state index is 13.4. The van der Waals surface area contributed by atoms with Gasteiger partial charge in [0.25, 0.3) is 0 Å². The third-order valence-corrected chi connectivity index (χ3v) is 3.98. The molecule has 2 aliphatic rings. The van der Waals surface area contributed by atoms with Gasteiger partial charge < -0.3 is 10.6 Å². The standard InChI is InChI=1S/C14H18FN3O.ClH/c15-12-3-1-2-4-13(12)17-14(19)9-18-7-10-5-16-6-11(10)8-18;/h1-4,10-11,16H,5-9H2,(H,17,19);1H/t10-,11+;. The summed E-state index contributed by atoms with van der Waals surface area (Å²) in [6.45, 7) is 4.37. The molecule has 2 atom stereocenters. The molecule has 0 aliphatic carbocycles. The minimum Gasteiger partial charge on any atom is -0.322 e. The monoisotopic (exact) mass is 299 g/mol. The largest absolute Gasteiger partial charge is 0.322 e. The maximum Gasteiger partial charge on any atom is 0.238 e. The van der Waals surface area contributed by atoms with Gasteiger partial charge in [0.05, 0.1) is 12.2 Å². The van der Waals surface area contributed by atoms with E-state index < -0.39 is 5.82 Å². The van der Waals surface area contributed by atoms with Crippen LogP contribution in [0.15, 0.2) is 24.3 Å². The normalized spacial score (nSPS) is 25.1. The summed E-state index contributed by atoms with van der Waals surface area (Å²) in [4.78, 5) is 14.1. The molecule has 1 aromatic rings. The van der Waals surface area contributed by atoms with Gasteiger partial charge in [0, 0.05) is 13.1 Å². The number of para-hydroxylation sites is 1. The highest BCUT2D eigenvalue weighted by Crippen LogP contribution is 2.25. The van der Waals surface area contributed by atoms with Gasteiger partial charge in [-0.2, -0.15) is 0 Å². The number of anilines is 1. The lowest BCUT2D eigenvalue weighted by atomic mass is 10.0. The molecule has 6 heteroatoms. The zero-order valence-corrected chi connectivity index (χ0v) is 12.0. The highest BCUT2D eigenvalue weighted by atomic mass is 35.5. The van der Waals surface area contributed by atoms with Gasteiger partial charge in [0.15, 0.2) is 0 Å². The van der Waals surface area contributed by atoms with Gasteiger partial charge in [0.2, 0.25) is 5.91 Å². The molecule has 2 N–H and O–H groups in total. The molecule has 1 amide bonds. The number of nitrogens with zero attached hydrogens (tertiary/aromatic N) is 1. The average Bonchev–Trinajstić information content (AvgIpc) is 2.92. The van der Waals surface area contributed by atoms with Crippen molar-refractivity contribution in [3.8, 4) is 0 Å². The zero-order chi connectivity index (χ0) is 13.2. The minimum atomic E-state index is -0.390. The van der Waals surface area contributed by atoms with Gasteiger partial charge in [-0.05, 0) is 37.1 Å². The number of halogens is 2. The van der Waals surface area contributed by atoms with Crippen LogP contribution >= 0.6 is 12.4 Å². The summed E-state index contributed by atoms with van der Waals surface area (Å²) >= 11 is 0.